The van der Waals surface area contributed by atoms with Gasteiger partial charge in [0.05, 0.1) is 32.1 Å². The molecule has 0 aliphatic rings. The molecule has 1 aromatic carbocycles. The van der Waals surface area contributed by atoms with Crippen LogP contribution in [0.1, 0.15) is 19.8 Å². The summed E-state index contributed by atoms with van der Waals surface area (Å²) in [6.07, 6.45) is 9.64. The van der Waals surface area contributed by atoms with Gasteiger partial charge in [-0.05, 0) is 18.6 Å². The topological polar surface area (TPSA) is 65.3 Å². The maximum atomic E-state index is 5.48. The average Bonchev–Trinajstić information content (AvgIpc) is 3.24. The zero-order chi connectivity index (χ0) is 21.8. The summed E-state index contributed by atoms with van der Waals surface area (Å²) >= 11 is 0. The summed E-state index contributed by atoms with van der Waals surface area (Å²) in [7, 11) is 5.23. The maximum Gasteiger partial charge on any atom is 0.133 e. The van der Waals surface area contributed by atoms with Crippen LogP contribution in [-0.4, -0.2) is 40.5 Å². The van der Waals surface area contributed by atoms with Crippen LogP contribution in [0.15, 0.2) is 55.1 Å². The molecule has 0 aliphatic carbocycles. The summed E-state index contributed by atoms with van der Waals surface area (Å²) in [5, 5.41) is 5.30. The first-order valence-electron chi connectivity index (χ1n) is 10.4. The van der Waals surface area contributed by atoms with Gasteiger partial charge in [0.1, 0.15) is 17.3 Å². The fourth-order valence-corrected chi connectivity index (χ4v) is 3.54. The van der Waals surface area contributed by atoms with Crippen molar-refractivity contribution in [3.8, 4) is 22.6 Å². The lowest BCUT2D eigenvalue weighted by molar-refractivity contribution is 0.394. The van der Waals surface area contributed by atoms with Crippen molar-refractivity contribution in [2.24, 2.45) is 7.05 Å². The number of unbranched alkanes of at least 4 members (excludes halogenated alkanes) is 1. The van der Waals surface area contributed by atoms with Crippen LogP contribution in [0.4, 0.5) is 11.5 Å². The molecule has 0 fully saturated rings. The predicted molar refractivity (Wildman–Crippen MR) is 123 cm³/mol. The first-order valence-corrected chi connectivity index (χ1v) is 10.4. The Morgan fingerprint density at radius 2 is 1.68 bits per heavy atom. The third kappa shape index (κ3) is 4.45. The van der Waals surface area contributed by atoms with Crippen LogP contribution < -0.4 is 14.4 Å². The van der Waals surface area contributed by atoms with E-state index in [0.717, 1.165) is 64.4 Å². The van der Waals surface area contributed by atoms with Crippen LogP contribution in [0, 0.1) is 0 Å². The summed E-state index contributed by atoms with van der Waals surface area (Å²) < 4.78 is 12.8. The van der Waals surface area contributed by atoms with Crippen molar-refractivity contribution in [1.29, 1.82) is 0 Å². The van der Waals surface area contributed by atoms with Crippen molar-refractivity contribution in [3.05, 3.63) is 55.1 Å². The number of hydrogen-bond acceptors (Lipinski definition) is 6. The standard InChI is InChI=1S/C24H27N5O2/c1-5-6-7-29(20-10-21(30-3)12-22(11-20)31-4)24-9-17-8-18(13-25-23(17)15-26-24)19-14-27-28(2)16-19/h8-16H,5-7H2,1-4H3. The van der Waals surface area contributed by atoms with E-state index in [4.69, 9.17) is 14.5 Å². The number of aromatic nitrogens is 4. The lowest BCUT2D eigenvalue weighted by Crippen LogP contribution is -2.19. The van der Waals surface area contributed by atoms with E-state index in [-0.39, 0.29) is 0 Å². The number of fused-ring (bicyclic) bond motifs is 1. The van der Waals surface area contributed by atoms with Crippen molar-refractivity contribution in [1.82, 2.24) is 19.7 Å². The van der Waals surface area contributed by atoms with Gasteiger partial charge in [0.15, 0.2) is 0 Å². The van der Waals surface area contributed by atoms with Crippen LogP contribution in [0.5, 0.6) is 11.5 Å². The lowest BCUT2D eigenvalue weighted by atomic mass is 10.1. The lowest BCUT2D eigenvalue weighted by Gasteiger charge is -2.25. The molecular formula is C24H27N5O2. The van der Waals surface area contributed by atoms with Crippen LogP contribution >= 0.6 is 0 Å². The van der Waals surface area contributed by atoms with Crippen molar-refractivity contribution in [2.75, 3.05) is 25.7 Å². The molecule has 0 amide bonds. The molecule has 3 aromatic heterocycles. The van der Waals surface area contributed by atoms with Crippen molar-refractivity contribution < 1.29 is 9.47 Å². The normalized spacial score (nSPS) is 11.0. The highest BCUT2D eigenvalue weighted by Gasteiger charge is 2.15. The Morgan fingerprint density at radius 3 is 2.32 bits per heavy atom. The number of ether oxygens (including phenoxy) is 2. The number of hydrogen-bond donors (Lipinski definition) is 0. The van der Waals surface area contributed by atoms with E-state index >= 15 is 0 Å². The van der Waals surface area contributed by atoms with Gasteiger partial charge in [-0.3, -0.25) is 9.67 Å². The van der Waals surface area contributed by atoms with Gasteiger partial charge in [-0.15, -0.1) is 0 Å². The second-order valence-corrected chi connectivity index (χ2v) is 7.44. The molecule has 0 saturated carbocycles. The second kappa shape index (κ2) is 9.04. The smallest absolute Gasteiger partial charge is 0.133 e. The summed E-state index contributed by atoms with van der Waals surface area (Å²) in [6.45, 7) is 3.02. The minimum absolute atomic E-state index is 0.747. The molecule has 31 heavy (non-hydrogen) atoms. The van der Waals surface area contributed by atoms with Gasteiger partial charge in [0, 0.05) is 66.4 Å². The molecule has 0 N–H and O–H groups in total. The van der Waals surface area contributed by atoms with Gasteiger partial charge in [-0.1, -0.05) is 13.3 Å². The molecule has 4 aromatic rings. The number of anilines is 2. The van der Waals surface area contributed by atoms with Crippen LogP contribution in [0.3, 0.4) is 0 Å². The number of pyridine rings is 2. The highest BCUT2D eigenvalue weighted by molar-refractivity contribution is 5.85. The first kappa shape index (κ1) is 20.7. The Kier molecular flexibility index (Phi) is 6.02. The van der Waals surface area contributed by atoms with E-state index < -0.39 is 0 Å². The Morgan fingerprint density at radius 1 is 0.903 bits per heavy atom. The Hall–Kier alpha value is -3.61. The largest absolute Gasteiger partial charge is 0.497 e. The fourth-order valence-electron chi connectivity index (χ4n) is 3.54. The first-order chi connectivity index (χ1) is 15.1. The van der Waals surface area contributed by atoms with Crippen LogP contribution in [0.25, 0.3) is 22.0 Å². The molecular weight excluding hydrogens is 390 g/mol. The number of methoxy groups -OCH3 is 2. The Bertz CT molecular complexity index is 1170. The summed E-state index contributed by atoms with van der Waals surface area (Å²) in [5.41, 5.74) is 3.90. The van der Waals surface area contributed by atoms with E-state index in [9.17, 15) is 0 Å². The molecule has 0 radical (unpaired) electrons. The molecule has 0 atom stereocenters. The fraction of sp³-hybridized carbons (Fsp3) is 0.292. The molecule has 0 bridgehead atoms. The van der Waals surface area contributed by atoms with Gasteiger partial charge in [-0.2, -0.15) is 5.10 Å². The van der Waals surface area contributed by atoms with Crippen molar-refractivity contribution in [3.63, 3.8) is 0 Å². The molecule has 0 spiro atoms. The molecule has 3 heterocycles. The van der Waals surface area contributed by atoms with Crippen LogP contribution in [-0.2, 0) is 7.05 Å². The van der Waals surface area contributed by atoms with Gasteiger partial charge in [-0.25, -0.2) is 4.98 Å². The minimum atomic E-state index is 0.747. The molecule has 7 heteroatoms. The number of rotatable bonds is 8. The zero-order valence-electron chi connectivity index (χ0n) is 18.4. The third-order valence-electron chi connectivity index (χ3n) is 5.25. The molecule has 0 aliphatic heterocycles. The van der Waals surface area contributed by atoms with Gasteiger partial charge in [0.2, 0.25) is 0 Å². The van der Waals surface area contributed by atoms with Gasteiger partial charge < -0.3 is 14.4 Å². The zero-order valence-corrected chi connectivity index (χ0v) is 18.4. The molecule has 0 unspecified atom stereocenters. The molecule has 0 saturated heterocycles. The monoisotopic (exact) mass is 417 g/mol. The van der Waals surface area contributed by atoms with Gasteiger partial charge >= 0.3 is 0 Å². The van der Waals surface area contributed by atoms with E-state index in [2.05, 4.69) is 34.0 Å². The quantitative estimate of drug-likeness (QED) is 0.403. The average molecular weight is 418 g/mol. The molecule has 7 nitrogen and oxygen atoms in total. The molecule has 4 rings (SSSR count). The van der Waals surface area contributed by atoms with Crippen molar-refractivity contribution >= 4 is 22.4 Å². The Labute approximate surface area is 182 Å². The van der Waals surface area contributed by atoms with Crippen LogP contribution in [0.2, 0.25) is 0 Å². The predicted octanol–water partition coefficient (Wildman–Crippen LogP) is 4.99. The van der Waals surface area contributed by atoms with E-state index in [1.807, 2.05) is 50.0 Å². The number of benzene rings is 1. The number of nitrogens with zero attached hydrogens (tertiary/aromatic N) is 5. The van der Waals surface area contributed by atoms with E-state index in [0.29, 0.717) is 0 Å². The van der Waals surface area contributed by atoms with E-state index in [1.54, 1.807) is 18.9 Å². The molecule has 160 valence electrons. The SMILES string of the molecule is CCCCN(c1cc(OC)cc(OC)c1)c1cc2cc(-c3cnn(C)c3)cnc2cn1. The minimum Gasteiger partial charge on any atom is -0.497 e. The Balaban J connectivity index is 1.78. The maximum absolute atomic E-state index is 5.48. The van der Waals surface area contributed by atoms with Crippen molar-refractivity contribution in [2.45, 2.75) is 19.8 Å². The highest BCUT2D eigenvalue weighted by atomic mass is 16.5. The third-order valence-corrected chi connectivity index (χ3v) is 5.25. The highest BCUT2D eigenvalue weighted by Crippen LogP contribution is 2.33. The van der Waals surface area contributed by atoms with Gasteiger partial charge in [0.25, 0.3) is 0 Å². The summed E-state index contributed by atoms with van der Waals surface area (Å²) in [4.78, 5) is 11.5. The number of aryl methyl sites for hydroxylation is 1. The summed E-state index contributed by atoms with van der Waals surface area (Å²) in [5.74, 6) is 2.36. The summed E-state index contributed by atoms with van der Waals surface area (Å²) in [6, 6.07) is 10.1. The van der Waals surface area contributed by atoms with E-state index in [1.165, 1.54) is 0 Å². The second-order valence-electron chi connectivity index (χ2n) is 7.44.